The fourth-order valence-corrected chi connectivity index (χ4v) is 7.76. The minimum atomic E-state index is -0.966. The smallest absolute Gasteiger partial charge is 0.323 e. The number of amides is 2. The van der Waals surface area contributed by atoms with Gasteiger partial charge in [-0.15, -0.1) is 11.3 Å². The Kier molecular flexibility index (Phi) is 19.5. The van der Waals surface area contributed by atoms with Crippen molar-refractivity contribution in [2.75, 3.05) is 31.1 Å². The zero-order valence-electron chi connectivity index (χ0n) is 30.0. The van der Waals surface area contributed by atoms with Crippen molar-refractivity contribution in [3.8, 4) is 0 Å². The molecule has 48 heavy (non-hydrogen) atoms. The Morgan fingerprint density at radius 2 is 1.50 bits per heavy atom. The van der Waals surface area contributed by atoms with Crippen LogP contribution in [0.2, 0.25) is 0 Å². The van der Waals surface area contributed by atoms with Crippen molar-refractivity contribution in [1.29, 1.82) is 0 Å². The molecule has 1 aromatic heterocycles. The number of carboxylic acid groups (broad SMARTS) is 1. The summed E-state index contributed by atoms with van der Waals surface area (Å²) in [5.74, 6) is -0.845. The summed E-state index contributed by atoms with van der Waals surface area (Å²) >= 11 is 1.83. The topological polar surface area (TPSA) is 90.0 Å². The third-order valence-corrected chi connectivity index (χ3v) is 10.6. The van der Waals surface area contributed by atoms with Gasteiger partial charge in [0, 0.05) is 42.5 Å². The van der Waals surface area contributed by atoms with Crippen molar-refractivity contribution in [1.82, 2.24) is 10.2 Å². The number of benzene rings is 1. The average Bonchev–Trinajstić information content (AvgIpc) is 3.61. The van der Waals surface area contributed by atoms with E-state index in [0.29, 0.717) is 18.9 Å². The van der Waals surface area contributed by atoms with E-state index >= 15 is 0 Å². The van der Waals surface area contributed by atoms with Gasteiger partial charge in [-0.2, -0.15) is 0 Å². The predicted molar refractivity (Wildman–Crippen MR) is 200 cm³/mol. The fourth-order valence-electron chi connectivity index (χ4n) is 7.07. The number of aliphatic carboxylic acids is 1. The molecular weight excluding hydrogens is 619 g/mol. The maximum atomic E-state index is 13.4. The summed E-state index contributed by atoms with van der Waals surface area (Å²) in [4.78, 5) is 42.6. The molecule has 1 atom stereocenters. The number of unbranched alkanes of at least 4 members (excludes halogenated alkanes) is 11. The Balaban J connectivity index is 1.36. The molecule has 1 aliphatic carbocycles. The molecule has 0 saturated carbocycles. The number of anilines is 1. The number of thiophene rings is 1. The summed E-state index contributed by atoms with van der Waals surface area (Å²) in [5, 5.41) is 14.8. The number of fused-ring (bicyclic) bond motifs is 1. The molecule has 7 nitrogen and oxygen atoms in total. The maximum absolute atomic E-state index is 13.4. The van der Waals surface area contributed by atoms with E-state index in [0.717, 1.165) is 102 Å². The van der Waals surface area contributed by atoms with Gasteiger partial charge in [0.2, 0.25) is 11.8 Å². The minimum absolute atomic E-state index is 0.0712. The first kappa shape index (κ1) is 39.7. The highest BCUT2D eigenvalue weighted by Gasteiger charge is 2.28. The first-order valence-electron chi connectivity index (χ1n) is 19.1. The Morgan fingerprint density at radius 3 is 2.10 bits per heavy atom. The summed E-state index contributed by atoms with van der Waals surface area (Å²) < 4.78 is 0. The summed E-state index contributed by atoms with van der Waals surface area (Å²) in [6, 6.07) is 10.9. The average molecular weight is 682 g/mol. The molecule has 0 radical (unpaired) electrons. The van der Waals surface area contributed by atoms with Crippen LogP contribution in [0, 0.1) is 0 Å². The molecule has 2 aromatic rings. The first-order chi connectivity index (χ1) is 23.4. The van der Waals surface area contributed by atoms with E-state index < -0.39 is 5.97 Å². The maximum Gasteiger partial charge on any atom is 0.323 e. The number of nitrogens with zero attached hydrogens (tertiary/aromatic N) is 2. The summed E-state index contributed by atoms with van der Waals surface area (Å²) in [5.41, 5.74) is 3.22. The lowest BCUT2D eigenvalue weighted by atomic mass is 9.85. The van der Waals surface area contributed by atoms with Crippen molar-refractivity contribution in [3.63, 3.8) is 0 Å². The zero-order valence-corrected chi connectivity index (χ0v) is 30.8. The molecule has 3 rings (SSSR count). The van der Waals surface area contributed by atoms with Gasteiger partial charge in [-0.3, -0.25) is 19.3 Å². The number of rotatable bonds is 26. The fraction of sp³-hybridized carbons (Fsp3) is 0.675. The molecule has 8 heteroatoms. The predicted octanol–water partition coefficient (Wildman–Crippen LogP) is 8.97. The van der Waals surface area contributed by atoms with E-state index in [1.54, 1.807) is 4.90 Å². The Hall–Kier alpha value is -2.71. The van der Waals surface area contributed by atoms with Gasteiger partial charge >= 0.3 is 5.97 Å². The van der Waals surface area contributed by atoms with Gasteiger partial charge in [-0.05, 0) is 86.6 Å². The summed E-state index contributed by atoms with van der Waals surface area (Å²) in [6.07, 6.45) is 20.9. The number of hydrogen-bond acceptors (Lipinski definition) is 5. The van der Waals surface area contributed by atoms with Gasteiger partial charge in [0.15, 0.2) is 0 Å². The van der Waals surface area contributed by atoms with Crippen molar-refractivity contribution in [2.45, 2.75) is 148 Å². The van der Waals surface area contributed by atoms with Crippen molar-refractivity contribution in [3.05, 3.63) is 51.7 Å². The lowest BCUT2D eigenvalue weighted by Gasteiger charge is -2.36. The lowest BCUT2D eigenvalue weighted by molar-refractivity contribution is -0.136. The van der Waals surface area contributed by atoms with Gasteiger partial charge in [-0.25, -0.2) is 0 Å². The second kappa shape index (κ2) is 23.6. The summed E-state index contributed by atoms with van der Waals surface area (Å²) in [7, 11) is 0. The molecule has 268 valence electrons. The zero-order chi connectivity index (χ0) is 34.4. The normalized spacial score (nSPS) is 14.2. The highest BCUT2D eigenvalue weighted by molar-refractivity contribution is 7.09. The minimum Gasteiger partial charge on any atom is -0.480 e. The van der Waals surface area contributed by atoms with Crippen LogP contribution in [-0.4, -0.2) is 60.0 Å². The van der Waals surface area contributed by atoms with Gasteiger partial charge in [0.25, 0.3) is 0 Å². The van der Waals surface area contributed by atoms with Crippen LogP contribution in [0.15, 0.2) is 35.7 Å². The summed E-state index contributed by atoms with van der Waals surface area (Å²) in [6.45, 7) is 6.96. The number of nitrogens with one attached hydrogen (secondary N) is 1. The molecule has 0 spiro atoms. The molecule has 1 aliphatic rings. The molecule has 1 aromatic carbocycles. The molecule has 2 amide bonds. The molecule has 0 unspecified atom stereocenters. The number of carbonyl (C=O) groups excluding carboxylic acids is 2. The lowest BCUT2D eigenvalue weighted by Crippen LogP contribution is -2.42. The number of carboxylic acids is 1. The monoisotopic (exact) mass is 681 g/mol. The van der Waals surface area contributed by atoms with E-state index in [4.69, 9.17) is 0 Å². The second-order valence-corrected chi connectivity index (χ2v) is 14.7. The molecule has 1 heterocycles. The van der Waals surface area contributed by atoms with Crippen molar-refractivity contribution in [2.24, 2.45) is 0 Å². The van der Waals surface area contributed by atoms with Crippen molar-refractivity contribution < 1.29 is 19.5 Å². The van der Waals surface area contributed by atoms with Crippen LogP contribution in [0.3, 0.4) is 0 Å². The van der Waals surface area contributed by atoms with E-state index in [1.165, 1.54) is 55.4 Å². The number of hydrogen-bond donors (Lipinski definition) is 2. The van der Waals surface area contributed by atoms with Gasteiger partial charge in [0.1, 0.15) is 6.54 Å². The van der Waals surface area contributed by atoms with Crippen LogP contribution >= 0.6 is 11.3 Å². The van der Waals surface area contributed by atoms with Crippen LogP contribution in [-0.2, 0) is 33.6 Å². The van der Waals surface area contributed by atoms with Crippen LogP contribution in [0.1, 0.15) is 139 Å². The Bertz CT molecular complexity index is 1200. The molecule has 0 fully saturated rings. The second-order valence-electron chi connectivity index (χ2n) is 13.6. The van der Waals surface area contributed by atoms with Gasteiger partial charge in [0.05, 0.1) is 0 Å². The molecule has 0 aliphatic heterocycles. The molecule has 0 saturated heterocycles. The molecule has 0 bridgehead atoms. The Labute approximate surface area is 294 Å². The largest absolute Gasteiger partial charge is 0.480 e. The molecular formula is C40H63N3O4S. The van der Waals surface area contributed by atoms with E-state index in [-0.39, 0.29) is 18.4 Å². The third kappa shape index (κ3) is 14.8. The quantitative estimate of drug-likeness (QED) is 0.0968. The Morgan fingerprint density at radius 1 is 0.833 bits per heavy atom. The first-order valence-corrected chi connectivity index (χ1v) is 20.0. The third-order valence-electron chi connectivity index (χ3n) is 9.69. The van der Waals surface area contributed by atoms with Crippen LogP contribution in [0.25, 0.3) is 0 Å². The van der Waals surface area contributed by atoms with E-state index in [1.807, 2.05) is 23.5 Å². The number of carbonyl (C=O) groups is 3. The van der Waals surface area contributed by atoms with Crippen LogP contribution in [0.4, 0.5) is 5.69 Å². The highest BCUT2D eigenvalue weighted by Crippen LogP contribution is 2.33. The standard InChI is InChI=1S/C40H63N3O4S/c1-3-27-41-38(44)22-15-13-11-9-7-5-6-8-10-12-14-16-23-39(45)43(32-40(46)47)37-21-17-19-33-31-34(24-25-36(33)37)42(28-4-2)29-26-35-20-18-30-48-35/h17-21,30,34H,3-16,22-29,31-32H2,1-2H3,(H,41,44)(H,46,47)/t34-/m0/s1. The molecule has 2 N–H and O–H groups in total. The van der Waals surface area contributed by atoms with Gasteiger partial charge in [-0.1, -0.05) is 96.3 Å². The SMILES string of the molecule is CCCNC(=O)CCCCCCCCCCCCCCC(=O)N(CC(=O)O)c1cccc2c1CC[C@H](N(CCC)CCc1cccs1)C2. The van der Waals surface area contributed by atoms with E-state index in [2.05, 4.69) is 47.6 Å². The van der Waals surface area contributed by atoms with Crippen LogP contribution in [0.5, 0.6) is 0 Å². The van der Waals surface area contributed by atoms with E-state index in [9.17, 15) is 19.5 Å². The highest BCUT2D eigenvalue weighted by atomic mass is 32.1. The van der Waals surface area contributed by atoms with Gasteiger partial charge < -0.3 is 15.3 Å². The van der Waals surface area contributed by atoms with Crippen molar-refractivity contribution >= 4 is 34.8 Å². The van der Waals surface area contributed by atoms with Crippen LogP contribution < -0.4 is 10.2 Å².